The smallest absolute Gasteiger partial charge is 0.187 e. The van der Waals surface area contributed by atoms with Crippen LogP contribution in [0.1, 0.15) is 37.3 Å². The molecule has 0 amide bonds. The minimum Gasteiger partial charge on any atom is -0.504 e. The molecule has 2 heterocycles. The van der Waals surface area contributed by atoms with E-state index >= 15 is 0 Å². The van der Waals surface area contributed by atoms with Crippen LogP contribution >= 0.6 is 0 Å². The minimum atomic E-state index is -1.36. The van der Waals surface area contributed by atoms with E-state index in [1.807, 2.05) is 12.1 Å². The van der Waals surface area contributed by atoms with Crippen molar-refractivity contribution in [2.45, 2.75) is 80.9 Å². The fourth-order valence-corrected chi connectivity index (χ4v) is 6.76. The van der Waals surface area contributed by atoms with Crippen molar-refractivity contribution < 1.29 is 34.6 Å². The number of benzene rings is 1. The van der Waals surface area contributed by atoms with E-state index in [9.17, 15) is 20.4 Å². The van der Waals surface area contributed by atoms with E-state index in [0.717, 1.165) is 24.8 Å². The number of allylic oxidation sites excluding steroid dienone is 1. The summed E-state index contributed by atoms with van der Waals surface area (Å²) >= 11 is 0. The van der Waals surface area contributed by atoms with Crippen LogP contribution in [-0.2, 0) is 21.3 Å². The summed E-state index contributed by atoms with van der Waals surface area (Å²) in [5, 5.41) is 41.1. The average molecular weight is 416 g/mol. The van der Waals surface area contributed by atoms with Crippen LogP contribution in [0, 0.1) is 11.8 Å². The Morgan fingerprint density at radius 3 is 2.77 bits per heavy atom. The monoisotopic (exact) mass is 416 g/mol. The molecule has 10 atom stereocenters. The Bertz CT molecular complexity index is 900. The summed E-state index contributed by atoms with van der Waals surface area (Å²) in [6.07, 6.45) is 1.96. The zero-order valence-electron chi connectivity index (χ0n) is 16.8. The van der Waals surface area contributed by atoms with Crippen molar-refractivity contribution in [3.05, 3.63) is 35.4 Å². The van der Waals surface area contributed by atoms with Gasteiger partial charge in [-0.25, -0.2) is 0 Å². The Labute approximate surface area is 174 Å². The molecule has 2 aliphatic heterocycles. The molecule has 1 spiro atoms. The second-order valence-corrected chi connectivity index (χ2v) is 9.58. The Hall–Kier alpha value is -1.64. The third-order valence-corrected chi connectivity index (χ3v) is 8.10. The summed E-state index contributed by atoms with van der Waals surface area (Å²) in [5.41, 5.74) is 2.12. The Balaban J connectivity index is 1.39. The van der Waals surface area contributed by atoms with Crippen molar-refractivity contribution in [2.75, 3.05) is 0 Å². The first-order valence-electron chi connectivity index (χ1n) is 11.0. The summed E-state index contributed by atoms with van der Waals surface area (Å²) in [6.45, 7) is 1.64. The van der Waals surface area contributed by atoms with E-state index in [1.165, 1.54) is 12.0 Å². The van der Waals surface area contributed by atoms with Crippen LogP contribution in [0.15, 0.2) is 24.3 Å². The number of ether oxygens (including phenoxy) is 3. The molecule has 7 heteroatoms. The summed E-state index contributed by atoms with van der Waals surface area (Å²) in [5.74, 6) is 1.59. The molecular weight excluding hydrogens is 388 g/mol. The van der Waals surface area contributed by atoms with Crippen LogP contribution in [0.5, 0.6) is 11.5 Å². The highest BCUT2D eigenvalue weighted by Gasteiger charge is 2.64. The molecule has 6 rings (SSSR count). The van der Waals surface area contributed by atoms with E-state index in [-0.39, 0.29) is 17.3 Å². The normalized spacial score (nSPS) is 48.2. The predicted octanol–water partition coefficient (Wildman–Crippen LogP) is 1.15. The number of hydrogen-bond acceptors (Lipinski definition) is 7. The third-order valence-electron chi connectivity index (χ3n) is 8.10. The second kappa shape index (κ2) is 6.43. The second-order valence-electron chi connectivity index (χ2n) is 9.58. The zero-order valence-corrected chi connectivity index (χ0v) is 16.8. The molecule has 2 bridgehead atoms. The number of aliphatic hydroxyl groups is 3. The lowest BCUT2D eigenvalue weighted by atomic mass is 9.50. The van der Waals surface area contributed by atoms with Gasteiger partial charge in [0.05, 0.1) is 6.10 Å². The first kappa shape index (κ1) is 19.1. The van der Waals surface area contributed by atoms with Crippen LogP contribution in [0.2, 0.25) is 0 Å². The van der Waals surface area contributed by atoms with Gasteiger partial charge in [-0.1, -0.05) is 24.6 Å². The number of phenols is 1. The van der Waals surface area contributed by atoms with Gasteiger partial charge in [-0.3, -0.25) is 0 Å². The maximum Gasteiger partial charge on any atom is 0.187 e. The minimum absolute atomic E-state index is 0.153. The molecule has 7 nitrogen and oxygen atoms in total. The summed E-state index contributed by atoms with van der Waals surface area (Å²) < 4.78 is 18.3. The number of hydrogen-bond donors (Lipinski definition) is 4. The lowest BCUT2D eigenvalue weighted by molar-refractivity contribution is -0.307. The number of phenolic OH excluding ortho intramolecular Hbond substituents is 1. The first-order valence-corrected chi connectivity index (χ1v) is 11.0. The fraction of sp³-hybridized carbons (Fsp3) is 0.652. The van der Waals surface area contributed by atoms with Crippen LogP contribution in [0.3, 0.4) is 0 Å². The lowest BCUT2D eigenvalue weighted by Gasteiger charge is -2.54. The molecular formula is C23H28O7. The van der Waals surface area contributed by atoms with Gasteiger partial charge in [0.25, 0.3) is 0 Å². The maximum atomic E-state index is 10.5. The number of rotatable bonds is 2. The molecule has 1 saturated carbocycles. The molecule has 1 aromatic rings. The zero-order chi connectivity index (χ0) is 20.8. The Kier molecular flexibility index (Phi) is 4.09. The molecule has 0 radical (unpaired) electrons. The van der Waals surface area contributed by atoms with E-state index in [1.54, 1.807) is 13.0 Å². The van der Waals surface area contributed by atoms with Gasteiger partial charge in [0.1, 0.15) is 30.5 Å². The average Bonchev–Trinajstić information content (AvgIpc) is 3.08. The topological polar surface area (TPSA) is 109 Å². The third kappa shape index (κ3) is 2.33. The van der Waals surface area contributed by atoms with E-state index in [2.05, 4.69) is 6.08 Å². The molecule has 5 aliphatic rings. The highest BCUT2D eigenvalue weighted by atomic mass is 16.7. The summed E-state index contributed by atoms with van der Waals surface area (Å²) in [7, 11) is 0. The predicted molar refractivity (Wildman–Crippen MR) is 105 cm³/mol. The van der Waals surface area contributed by atoms with Gasteiger partial charge in [-0.05, 0) is 49.7 Å². The summed E-state index contributed by atoms with van der Waals surface area (Å²) in [4.78, 5) is 0. The SMILES string of the molecule is C[C@H]1O[C@@H](O[C@H]2C=CC3[C@@H]4CCC[C@@]35c3c(ccc(O)c3O[C@@H]25)C4)[C@H](O)[C@@H](O)[C@@H]1O. The molecule has 30 heavy (non-hydrogen) atoms. The number of aliphatic hydroxyl groups excluding tert-OH is 3. The quantitative estimate of drug-likeness (QED) is 0.536. The lowest BCUT2D eigenvalue weighted by Crippen LogP contribution is -2.62. The van der Waals surface area contributed by atoms with Crippen LogP contribution in [0.25, 0.3) is 0 Å². The van der Waals surface area contributed by atoms with E-state index < -0.39 is 36.8 Å². The summed E-state index contributed by atoms with van der Waals surface area (Å²) in [6, 6.07) is 3.74. The largest absolute Gasteiger partial charge is 0.504 e. The van der Waals surface area contributed by atoms with Crippen LogP contribution < -0.4 is 4.74 Å². The van der Waals surface area contributed by atoms with Gasteiger partial charge in [0.15, 0.2) is 17.8 Å². The van der Waals surface area contributed by atoms with Crippen molar-refractivity contribution in [1.82, 2.24) is 0 Å². The molecule has 1 saturated heterocycles. The van der Waals surface area contributed by atoms with Gasteiger partial charge in [0, 0.05) is 11.0 Å². The van der Waals surface area contributed by atoms with Crippen molar-refractivity contribution in [2.24, 2.45) is 11.8 Å². The van der Waals surface area contributed by atoms with Crippen molar-refractivity contribution in [3.8, 4) is 11.5 Å². The number of aromatic hydroxyl groups is 1. The van der Waals surface area contributed by atoms with Crippen molar-refractivity contribution in [1.29, 1.82) is 0 Å². The van der Waals surface area contributed by atoms with Gasteiger partial charge in [-0.15, -0.1) is 0 Å². The molecule has 4 N–H and O–H groups in total. The molecule has 162 valence electrons. The van der Waals surface area contributed by atoms with Gasteiger partial charge < -0.3 is 34.6 Å². The highest BCUT2D eigenvalue weighted by molar-refractivity contribution is 5.61. The molecule has 1 unspecified atom stereocenters. The van der Waals surface area contributed by atoms with Gasteiger partial charge >= 0.3 is 0 Å². The fourth-order valence-electron chi connectivity index (χ4n) is 6.76. The van der Waals surface area contributed by atoms with E-state index in [4.69, 9.17) is 14.2 Å². The Morgan fingerprint density at radius 2 is 1.93 bits per heavy atom. The van der Waals surface area contributed by atoms with Crippen molar-refractivity contribution >= 4 is 0 Å². The standard InChI is InChI=1S/C23H28O7/c1-10-17(25)18(26)19(27)22(28-10)29-15-7-5-13-11-3-2-8-23(13)16-12(9-11)4-6-14(24)20(16)30-21(15)23/h4-7,10-11,13,15,17-19,21-22,24-27H,2-3,8-9H2,1H3/t10-,11-,13?,15+,17-,18+,19-,21+,22+,23+/m1/s1. The van der Waals surface area contributed by atoms with Gasteiger partial charge in [0.2, 0.25) is 0 Å². The maximum absolute atomic E-state index is 10.5. The highest BCUT2D eigenvalue weighted by Crippen LogP contribution is 2.64. The van der Waals surface area contributed by atoms with Crippen LogP contribution in [-0.4, -0.2) is 63.3 Å². The van der Waals surface area contributed by atoms with Crippen LogP contribution in [0.4, 0.5) is 0 Å². The Morgan fingerprint density at radius 1 is 1.10 bits per heavy atom. The van der Waals surface area contributed by atoms with Crippen molar-refractivity contribution in [3.63, 3.8) is 0 Å². The molecule has 0 aromatic heterocycles. The first-order chi connectivity index (χ1) is 14.4. The van der Waals surface area contributed by atoms with Gasteiger partial charge in [-0.2, -0.15) is 0 Å². The van der Waals surface area contributed by atoms with E-state index in [0.29, 0.717) is 17.6 Å². The molecule has 1 aromatic carbocycles. The molecule has 2 fully saturated rings. The molecule has 3 aliphatic carbocycles.